The Balaban J connectivity index is 2.15. The predicted octanol–water partition coefficient (Wildman–Crippen LogP) is 7.22. The van der Waals surface area contributed by atoms with Crippen molar-refractivity contribution in [2.45, 2.75) is 57.3 Å². The molecule has 1 aromatic carbocycles. The van der Waals surface area contributed by atoms with Crippen molar-refractivity contribution in [3.8, 4) is 11.3 Å². The molecule has 0 spiro atoms. The second-order valence-electron chi connectivity index (χ2n) is 8.25. The summed E-state index contributed by atoms with van der Waals surface area (Å²) in [4.78, 5) is 4.35. The summed E-state index contributed by atoms with van der Waals surface area (Å²) in [6, 6.07) is 7.14. The van der Waals surface area contributed by atoms with Gasteiger partial charge < -0.3 is 0 Å². The van der Waals surface area contributed by atoms with Gasteiger partial charge in [-0.25, -0.2) is 0 Å². The molecule has 3 rings (SSSR count). The second kappa shape index (κ2) is 6.61. The van der Waals surface area contributed by atoms with E-state index in [4.69, 9.17) is 0 Å². The van der Waals surface area contributed by atoms with E-state index in [0.717, 1.165) is 17.7 Å². The largest absolute Gasteiger partial charge is 0.410 e. The van der Waals surface area contributed by atoms with Crippen LogP contribution in [0.3, 0.4) is 0 Å². The molecule has 1 heterocycles. The van der Waals surface area contributed by atoms with Gasteiger partial charge in [-0.05, 0) is 46.2 Å². The lowest BCUT2D eigenvalue weighted by Gasteiger charge is -2.37. The molecular formula is C22H21F6N. The van der Waals surface area contributed by atoms with Crippen LogP contribution in [0, 0.1) is 0 Å². The number of allylic oxidation sites excluding steroid dienone is 1. The van der Waals surface area contributed by atoms with Gasteiger partial charge in [0.25, 0.3) is 0 Å². The monoisotopic (exact) mass is 413 g/mol. The molecule has 0 atom stereocenters. The Morgan fingerprint density at radius 2 is 1.52 bits per heavy atom. The van der Waals surface area contributed by atoms with Crippen molar-refractivity contribution in [1.82, 2.24) is 4.98 Å². The normalized spacial score (nSPS) is 16.6. The van der Waals surface area contributed by atoms with Crippen LogP contribution in [0.5, 0.6) is 0 Å². The molecule has 1 aromatic heterocycles. The van der Waals surface area contributed by atoms with E-state index in [-0.39, 0.29) is 17.4 Å². The molecule has 0 aliphatic heterocycles. The maximum absolute atomic E-state index is 13.8. The van der Waals surface area contributed by atoms with E-state index >= 15 is 0 Å². The van der Waals surface area contributed by atoms with E-state index in [2.05, 4.69) is 4.98 Å². The van der Waals surface area contributed by atoms with E-state index in [1.54, 1.807) is 12.3 Å². The Kier molecular flexibility index (Phi) is 4.87. The highest BCUT2D eigenvalue weighted by molar-refractivity contribution is 5.76. The molecule has 7 heteroatoms. The number of rotatable bonds is 2. The lowest BCUT2D eigenvalue weighted by atomic mass is 9.74. The molecule has 29 heavy (non-hydrogen) atoms. The zero-order valence-corrected chi connectivity index (χ0v) is 16.5. The number of alkyl halides is 6. The molecule has 0 saturated carbocycles. The number of aromatic nitrogens is 1. The molecule has 0 bridgehead atoms. The van der Waals surface area contributed by atoms with Crippen LogP contribution in [0.4, 0.5) is 26.3 Å². The van der Waals surface area contributed by atoms with E-state index < -0.39 is 28.9 Å². The minimum Gasteiger partial charge on any atom is -0.256 e. The minimum atomic E-state index is -5.49. The van der Waals surface area contributed by atoms with Gasteiger partial charge in [-0.15, -0.1) is 0 Å². The van der Waals surface area contributed by atoms with Gasteiger partial charge in [0.15, 0.2) is 0 Å². The molecule has 156 valence electrons. The van der Waals surface area contributed by atoms with E-state index in [0.29, 0.717) is 11.3 Å². The first-order valence-corrected chi connectivity index (χ1v) is 9.19. The van der Waals surface area contributed by atoms with Gasteiger partial charge in [0, 0.05) is 11.8 Å². The van der Waals surface area contributed by atoms with Gasteiger partial charge in [0.2, 0.25) is 5.41 Å². The van der Waals surface area contributed by atoms with E-state index in [1.165, 1.54) is 19.1 Å². The average molecular weight is 413 g/mol. The Hall–Kier alpha value is -2.31. The number of hydrogen-bond donors (Lipinski definition) is 0. The molecular weight excluding hydrogens is 392 g/mol. The Labute approximate surface area is 165 Å². The first-order valence-electron chi connectivity index (χ1n) is 9.19. The molecule has 0 amide bonds. The van der Waals surface area contributed by atoms with Gasteiger partial charge in [-0.1, -0.05) is 52.0 Å². The summed E-state index contributed by atoms with van der Waals surface area (Å²) in [6.07, 6.45) is -8.66. The van der Waals surface area contributed by atoms with E-state index in [9.17, 15) is 26.3 Å². The zero-order chi connectivity index (χ0) is 21.8. The Morgan fingerprint density at radius 1 is 0.897 bits per heavy atom. The highest BCUT2D eigenvalue weighted by Gasteiger charge is 2.74. The smallest absolute Gasteiger partial charge is 0.256 e. The van der Waals surface area contributed by atoms with Crippen LogP contribution in [-0.2, 0) is 10.8 Å². The number of fused-ring (bicyclic) bond motifs is 1. The number of halogens is 6. The summed E-state index contributed by atoms with van der Waals surface area (Å²) >= 11 is 0. The highest BCUT2D eigenvalue weighted by Crippen LogP contribution is 2.61. The lowest BCUT2D eigenvalue weighted by molar-refractivity contribution is -0.289. The first kappa shape index (κ1) is 21.4. The summed E-state index contributed by atoms with van der Waals surface area (Å²) in [7, 11) is 0. The van der Waals surface area contributed by atoms with E-state index in [1.807, 2.05) is 26.8 Å². The minimum absolute atomic E-state index is 0.0734. The molecule has 0 unspecified atom stereocenters. The lowest BCUT2D eigenvalue weighted by Crippen LogP contribution is -2.54. The van der Waals surface area contributed by atoms with Gasteiger partial charge in [-0.2, -0.15) is 26.3 Å². The summed E-state index contributed by atoms with van der Waals surface area (Å²) in [5, 5.41) is 0. The van der Waals surface area contributed by atoms with Crippen molar-refractivity contribution in [3.63, 3.8) is 0 Å². The molecule has 1 aliphatic carbocycles. The second-order valence-corrected chi connectivity index (χ2v) is 8.25. The molecule has 0 fully saturated rings. The van der Waals surface area contributed by atoms with Gasteiger partial charge in [0.1, 0.15) is 0 Å². The standard InChI is InChI=1S/C22H21F6N/c1-5-15-11-14-10-13(18-9-7-16(12-29-18)19(2,3)4)6-8-17(14)20(15,21(23,24)25)22(26,27)28/h6-12H,5H2,1-4H3. The van der Waals surface area contributed by atoms with Gasteiger partial charge in [0.05, 0.1) is 5.69 Å². The molecule has 0 N–H and O–H groups in total. The quantitative estimate of drug-likeness (QED) is 0.474. The maximum atomic E-state index is 13.8. The molecule has 1 aliphatic rings. The van der Waals surface area contributed by atoms with Crippen molar-refractivity contribution < 1.29 is 26.3 Å². The van der Waals surface area contributed by atoms with Crippen molar-refractivity contribution in [3.05, 3.63) is 58.8 Å². The fourth-order valence-electron chi connectivity index (χ4n) is 3.86. The topological polar surface area (TPSA) is 12.9 Å². The molecule has 0 radical (unpaired) electrons. The van der Waals surface area contributed by atoms with Crippen LogP contribution in [0.25, 0.3) is 17.3 Å². The third kappa shape index (κ3) is 3.24. The van der Waals surface area contributed by atoms with Crippen LogP contribution >= 0.6 is 0 Å². The third-order valence-corrected chi connectivity index (χ3v) is 5.42. The number of hydrogen-bond acceptors (Lipinski definition) is 1. The van der Waals surface area contributed by atoms with Crippen LogP contribution in [0.15, 0.2) is 42.1 Å². The number of nitrogens with zero attached hydrogens (tertiary/aromatic N) is 1. The molecule has 1 nitrogen and oxygen atoms in total. The summed E-state index contributed by atoms with van der Waals surface area (Å²) in [6.45, 7) is 7.36. The first-order chi connectivity index (χ1) is 13.2. The van der Waals surface area contributed by atoms with Gasteiger partial charge >= 0.3 is 12.4 Å². The number of pyridine rings is 1. The van der Waals surface area contributed by atoms with Crippen molar-refractivity contribution in [2.24, 2.45) is 0 Å². The Morgan fingerprint density at radius 3 is 1.97 bits per heavy atom. The summed E-state index contributed by atoms with van der Waals surface area (Å²) in [5.74, 6) is 0. The third-order valence-electron chi connectivity index (χ3n) is 5.42. The molecule has 2 aromatic rings. The van der Waals surface area contributed by atoms with Crippen molar-refractivity contribution >= 4 is 6.08 Å². The SMILES string of the molecule is CCC1=Cc2cc(-c3ccc(C(C)(C)C)cn3)ccc2C1(C(F)(F)F)C(F)(F)F. The van der Waals surface area contributed by atoms with Crippen LogP contribution in [-0.4, -0.2) is 17.3 Å². The van der Waals surface area contributed by atoms with Gasteiger partial charge in [-0.3, -0.25) is 4.98 Å². The summed E-state index contributed by atoms with van der Waals surface area (Å²) in [5.41, 5.74) is -3.70. The maximum Gasteiger partial charge on any atom is 0.410 e. The number of benzene rings is 1. The predicted molar refractivity (Wildman–Crippen MR) is 100 cm³/mol. The van der Waals surface area contributed by atoms with Crippen LogP contribution in [0.1, 0.15) is 50.8 Å². The van der Waals surface area contributed by atoms with Crippen molar-refractivity contribution in [1.29, 1.82) is 0 Å². The highest BCUT2D eigenvalue weighted by atomic mass is 19.4. The van der Waals surface area contributed by atoms with Crippen molar-refractivity contribution in [2.75, 3.05) is 0 Å². The fourth-order valence-corrected chi connectivity index (χ4v) is 3.86. The average Bonchev–Trinajstić information content (AvgIpc) is 2.95. The fraction of sp³-hybridized carbons (Fsp3) is 0.409. The van der Waals surface area contributed by atoms with Crippen LogP contribution in [0.2, 0.25) is 0 Å². The Bertz CT molecular complexity index is 929. The zero-order valence-electron chi connectivity index (χ0n) is 16.5. The van der Waals surface area contributed by atoms with Crippen LogP contribution < -0.4 is 0 Å². The summed E-state index contributed by atoms with van der Waals surface area (Å²) < 4.78 is 83.0. The molecule has 0 saturated heterocycles.